The number of amides is 2. The number of carbonyl (C=O) groups is 2. The van der Waals surface area contributed by atoms with Crippen LogP contribution in [0.2, 0.25) is 0 Å². The summed E-state index contributed by atoms with van der Waals surface area (Å²) in [5, 5.41) is 6.21. The van der Waals surface area contributed by atoms with Crippen molar-refractivity contribution in [3.05, 3.63) is 35.9 Å². The van der Waals surface area contributed by atoms with Crippen LogP contribution in [-0.4, -0.2) is 35.9 Å². The first-order valence-electron chi connectivity index (χ1n) is 11.7. The lowest BCUT2D eigenvalue weighted by Crippen LogP contribution is -2.43. The minimum absolute atomic E-state index is 0.00402. The second-order valence-electron chi connectivity index (χ2n) is 10.9. The Morgan fingerprint density at radius 1 is 1.00 bits per heavy atom. The summed E-state index contributed by atoms with van der Waals surface area (Å²) in [5.74, 6) is 2.00. The molecule has 0 aliphatic heterocycles. The fraction of sp³-hybridized carbons (Fsp3) is 0.692. The summed E-state index contributed by atoms with van der Waals surface area (Å²) in [4.78, 5) is 24.8. The van der Waals surface area contributed by atoms with E-state index >= 15 is 0 Å². The zero-order valence-electron chi connectivity index (χ0n) is 21.1. The van der Waals surface area contributed by atoms with E-state index in [0.29, 0.717) is 13.0 Å². The average Bonchev–Trinajstić information content (AvgIpc) is 2.66. The van der Waals surface area contributed by atoms with Crippen LogP contribution in [0.1, 0.15) is 73.3 Å². The maximum Gasteiger partial charge on any atom is 0.223 e. The molecule has 32 heavy (non-hydrogen) atoms. The molecule has 2 N–H and O–H groups in total. The van der Waals surface area contributed by atoms with Crippen molar-refractivity contribution in [3.8, 4) is 0 Å². The van der Waals surface area contributed by atoms with E-state index < -0.39 is 0 Å². The highest BCUT2D eigenvalue weighted by Gasteiger charge is 2.31. The largest absolute Gasteiger partial charge is 0.355 e. The summed E-state index contributed by atoms with van der Waals surface area (Å²) in [7, 11) is 3.50. The molecule has 6 heteroatoms. The van der Waals surface area contributed by atoms with E-state index in [2.05, 4.69) is 83.4 Å². The van der Waals surface area contributed by atoms with E-state index in [0.717, 1.165) is 30.8 Å². The van der Waals surface area contributed by atoms with Gasteiger partial charge in [0.25, 0.3) is 0 Å². The molecule has 0 saturated carbocycles. The highest BCUT2D eigenvalue weighted by molar-refractivity contribution is 8.76. The second kappa shape index (κ2) is 14.2. The van der Waals surface area contributed by atoms with Gasteiger partial charge in [-0.1, -0.05) is 93.5 Å². The Labute approximate surface area is 204 Å². The molecule has 0 saturated heterocycles. The highest BCUT2D eigenvalue weighted by atomic mass is 33.1. The molecule has 0 aliphatic rings. The standard InChI is InChI=1S/C26H44N2O2S2/c1-20(19-32-31-17-16-27-23(29)18-25(2,3)4)28-24(30)22(26(5,6)7)15-11-14-21-12-9-8-10-13-21/h8-10,12-13,20,22H,11,14-19H2,1-7H3,(H,27,29)(H,28,30)/t20-,22?/m1/s1. The predicted octanol–water partition coefficient (Wildman–Crippen LogP) is 6.11. The topological polar surface area (TPSA) is 58.2 Å². The summed E-state index contributed by atoms with van der Waals surface area (Å²) < 4.78 is 0. The minimum atomic E-state index is -0.0619. The van der Waals surface area contributed by atoms with Gasteiger partial charge in [0.1, 0.15) is 0 Å². The van der Waals surface area contributed by atoms with Crippen LogP contribution < -0.4 is 10.6 Å². The quantitative estimate of drug-likeness (QED) is 0.264. The summed E-state index contributed by atoms with van der Waals surface area (Å²) in [6, 6.07) is 10.6. The third kappa shape index (κ3) is 13.4. The van der Waals surface area contributed by atoms with Gasteiger partial charge in [0.15, 0.2) is 0 Å². The van der Waals surface area contributed by atoms with Crippen molar-refractivity contribution in [2.45, 2.75) is 80.2 Å². The van der Waals surface area contributed by atoms with Gasteiger partial charge in [-0.15, -0.1) is 0 Å². The molecule has 0 aliphatic carbocycles. The minimum Gasteiger partial charge on any atom is -0.355 e. The van der Waals surface area contributed by atoms with Gasteiger partial charge in [-0.2, -0.15) is 0 Å². The number of aryl methyl sites for hydroxylation is 1. The monoisotopic (exact) mass is 480 g/mol. The first kappa shape index (κ1) is 28.9. The molecule has 2 atom stereocenters. The van der Waals surface area contributed by atoms with Crippen molar-refractivity contribution >= 4 is 33.4 Å². The van der Waals surface area contributed by atoms with Crippen LogP contribution in [0, 0.1) is 16.7 Å². The molecule has 0 fully saturated rings. The van der Waals surface area contributed by atoms with Crippen LogP contribution in [0.4, 0.5) is 0 Å². The smallest absolute Gasteiger partial charge is 0.223 e. The normalized spacial score (nSPS) is 14.0. The number of nitrogens with one attached hydrogen (secondary N) is 2. The Bertz CT molecular complexity index is 681. The molecule has 0 spiro atoms. The Morgan fingerprint density at radius 3 is 2.25 bits per heavy atom. The van der Waals surface area contributed by atoms with Crippen molar-refractivity contribution < 1.29 is 9.59 Å². The van der Waals surface area contributed by atoms with Crippen LogP contribution in [0.5, 0.6) is 0 Å². The van der Waals surface area contributed by atoms with E-state index in [4.69, 9.17) is 0 Å². The lowest BCUT2D eigenvalue weighted by atomic mass is 9.77. The van der Waals surface area contributed by atoms with Crippen molar-refractivity contribution in [1.82, 2.24) is 10.6 Å². The third-order valence-electron chi connectivity index (χ3n) is 5.15. The van der Waals surface area contributed by atoms with Gasteiger partial charge >= 0.3 is 0 Å². The maximum atomic E-state index is 13.0. The lowest BCUT2D eigenvalue weighted by Gasteiger charge is -2.31. The molecule has 0 aromatic heterocycles. The molecule has 182 valence electrons. The van der Waals surface area contributed by atoms with Crippen LogP contribution in [0.3, 0.4) is 0 Å². The van der Waals surface area contributed by atoms with Gasteiger partial charge in [-0.25, -0.2) is 0 Å². The van der Waals surface area contributed by atoms with E-state index in [1.807, 2.05) is 6.07 Å². The lowest BCUT2D eigenvalue weighted by molar-refractivity contribution is -0.129. The Balaban J connectivity index is 2.30. The molecule has 0 heterocycles. The van der Waals surface area contributed by atoms with E-state index in [-0.39, 0.29) is 34.6 Å². The van der Waals surface area contributed by atoms with Crippen LogP contribution in [-0.2, 0) is 16.0 Å². The van der Waals surface area contributed by atoms with Crippen LogP contribution in [0.25, 0.3) is 0 Å². The van der Waals surface area contributed by atoms with Gasteiger partial charge in [-0.05, 0) is 42.6 Å². The van der Waals surface area contributed by atoms with Crippen LogP contribution >= 0.6 is 21.6 Å². The zero-order chi connectivity index (χ0) is 24.2. The van der Waals surface area contributed by atoms with Gasteiger partial charge in [0.05, 0.1) is 0 Å². The molecule has 4 nitrogen and oxygen atoms in total. The summed E-state index contributed by atoms with van der Waals surface area (Å²) in [6.45, 7) is 15.4. The van der Waals surface area contributed by atoms with E-state index in [1.165, 1.54) is 5.56 Å². The summed E-state index contributed by atoms with van der Waals surface area (Å²) in [5.41, 5.74) is 1.29. The number of rotatable bonds is 13. The number of hydrogen-bond donors (Lipinski definition) is 2. The Hall–Kier alpha value is -1.14. The molecule has 1 aromatic rings. The number of benzene rings is 1. The molecule has 1 aromatic carbocycles. The highest BCUT2D eigenvalue weighted by Crippen LogP contribution is 2.31. The van der Waals surface area contributed by atoms with Crippen LogP contribution in [0.15, 0.2) is 30.3 Å². The van der Waals surface area contributed by atoms with Crippen molar-refractivity contribution in [2.24, 2.45) is 16.7 Å². The maximum absolute atomic E-state index is 13.0. The summed E-state index contributed by atoms with van der Waals surface area (Å²) >= 11 is 0. The summed E-state index contributed by atoms with van der Waals surface area (Å²) in [6.07, 6.45) is 3.47. The SMILES string of the molecule is C[C@H](CSSCCNC(=O)CC(C)(C)C)NC(=O)C(CCCc1ccccc1)C(C)(C)C. The number of hydrogen-bond acceptors (Lipinski definition) is 4. The fourth-order valence-corrected chi connectivity index (χ4v) is 5.67. The third-order valence-corrected chi connectivity index (χ3v) is 7.73. The first-order valence-corrected chi connectivity index (χ1v) is 14.2. The number of carbonyl (C=O) groups excluding carboxylic acids is 2. The van der Waals surface area contributed by atoms with Crippen molar-refractivity contribution in [2.75, 3.05) is 18.1 Å². The molecular formula is C26H44N2O2S2. The van der Waals surface area contributed by atoms with Crippen molar-refractivity contribution in [1.29, 1.82) is 0 Å². The van der Waals surface area contributed by atoms with Gasteiger partial charge < -0.3 is 10.6 Å². The molecule has 1 unspecified atom stereocenters. The molecule has 1 rings (SSSR count). The molecule has 0 radical (unpaired) electrons. The van der Waals surface area contributed by atoms with Gasteiger partial charge in [0, 0.05) is 36.4 Å². The first-order chi connectivity index (χ1) is 14.9. The Kier molecular flexibility index (Phi) is 12.8. The Morgan fingerprint density at radius 2 is 1.66 bits per heavy atom. The second-order valence-corrected chi connectivity index (χ2v) is 13.5. The van der Waals surface area contributed by atoms with Crippen molar-refractivity contribution in [3.63, 3.8) is 0 Å². The van der Waals surface area contributed by atoms with E-state index in [9.17, 15) is 9.59 Å². The zero-order valence-corrected chi connectivity index (χ0v) is 22.8. The average molecular weight is 481 g/mol. The molecule has 0 bridgehead atoms. The molecule has 2 amide bonds. The van der Waals surface area contributed by atoms with Gasteiger partial charge in [0.2, 0.25) is 11.8 Å². The van der Waals surface area contributed by atoms with E-state index in [1.54, 1.807) is 21.6 Å². The predicted molar refractivity (Wildman–Crippen MR) is 142 cm³/mol. The van der Waals surface area contributed by atoms with Gasteiger partial charge in [-0.3, -0.25) is 9.59 Å². The fourth-order valence-electron chi connectivity index (χ4n) is 3.48. The molecular weight excluding hydrogens is 436 g/mol.